The number of morpholine rings is 1. The van der Waals surface area contributed by atoms with Crippen molar-refractivity contribution in [3.8, 4) is 0 Å². The second kappa shape index (κ2) is 13.0. The number of amides is 1. The Labute approximate surface area is 191 Å². The number of halogens is 4. The van der Waals surface area contributed by atoms with E-state index in [1.807, 2.05) is 0 Å². The average molecular weight is 543 g/mol. The molecule has 0 bridgehead atoms. The molecule has 1 aliphatic heterocycles. The van der Waals surface area contributed by atoms with Gasteiger partial charge in [-0.3, -0.25) is 14.7 Å². The number of carbonyl (C=O) groups is 1. The maximum Gasteiger partial charge on any atom is 0.243 e. The van der Waals surface area contributed by atoms with Gasteiger partial charge in [0, 0.05) is 32.7 Å². The second-order valence-electron chi connectivity index (χ2n) is 7.04. The summed E-state index contributed by atoms with van der Waals surface area (Å²) in [5.74, 6) is -4.19. The fourth-order valence-corrected chi connectivity index (χ4v) is 3.10. The van der Waals surface area contributed by atoms with Crippen molar-refractivity contribution in [1.82, 2.24) is 15.5 Å². The smallest absolute Gasteiger partial charge is 0.243 e. The van der Waals surface area contributed by atoms with Gasteiger partial charge >= 0.3 is 0 Å². The number of carbonyl (C=O) groups excluding carboxylic acids is 1. The van der Waals surface area contributed by atoms with E-state index in [1.54, 1.807) is 7.05 Å². The van der Waals surface area contributed by atoms with Crippen LogP contribution in [0.2, 0.25) is 0 Å². The van der Waals surface area contributed by atoms with Gasteiger partial charge in [0.15, 0.2) is 23.4 Å². The molecule has 0 aliphatic carbocycles. The van der Waals surface area contributed by atoms with E-state index < -0.39 is 29.0 Å². The summed E-state index contributed by atoms with van der Waals surface area (Å²) in [4.78, 5) is 18.4. The molecule has 1 aromatic carbocycles. The molecule has 11 heteroatoms. The first kappa shape index (κ1) is 26.4. The van der Waals surface area contributed by atoms with E-state index in [0.29, 0.717) is 31.6 Å². The predicted molar refractivity (Wildman–Crippen MR) is 121 cm³/mol. The molecule has 0 radical (unpaired) electrons. The van der Waals surface area contributed by atoms with E-state index in [1.165, 1.54) is 0 Å². The molecule has 0 aromatic heterocycles. The maximum atomic E-state index is 13.7. The number of benzene rings is 1. The number of aliphatic imine (C=N–C) groups is 1. The molecule has 30 heavy (non-hydrogen) atoms. The molecule has 7 nitrogen and oxygen atoms in total. The number of anilines is 1. The SMILES string of the molecule is CN=C(NCC(=O)Nc1ccc(F)c(F)c1F)NCC(C(C)C)N1CCOCC1.I. The maximum absolute atomic E-state index is 13.7. The third-order valence-electron chi connectivity index (χ3n) is 4.71. The van der Waals surface area contributed by atoms with Crippen molar-refractivity contribution >= 4 is 41.5 Å². The van der Waals surface area contributed by atoms with Crippen LogP contribution in [0.25, 0.3) is 0 Å². The Balaban J connectivity index is 0.00000450. The summed E-state index contributed by atoms with van der Waals surface area (Å²) >= 11 is 0. The highest BCUT2D eigenvalue weighted by molar-refractivity contribution is 14.0. The topological polar surface area (TPSA) is 78.0 Å². The quantitative estimate of drug-likeness (QED) is 0.213. The Morgan fingerprint density at radius 3 is 2.43 bits per heavy atom. The molecule has 1 amide bonds. The van der Waals surface area contributed by atoms with Crippen molar-refractivity contribution < 1.29 is 22.7 Å². The van der Waals surface area contributed by atoms with Crippen LogP contribution >= 0.6 is 24.0 Å². The largest absolute Gasteiger partial charge is 0.379 e. The molecule has 170 valence electrons. The normalized spacial score (nSPS) is 16.0. The minimum Gasteiger partial charge on any atom is -0.379 e. The number of guanidine groups is 1. The van der Waals surface area contributed by atoms with Crippen LogP contribution in [0.3, 0.4) is 0 Å². The molecule has 1 atom stereocenters. The molecule has 1 unspecified atom stereocenters. The van der Waals surface area contributed by atoms with Gasteiger partial charge < -0.3 is 20.7 Å². The molecule has 1 fully saturated rings. The fourth-order valence-electron chi connectivity index (χ4n) is 3.10. The number of hydrogen-bond donors (Lipinski definition) is 3. The first-order valence-corrected chi connectivity index (χ1v) is 9.53. The van der Waals surface area contributed by atoms with E-state index in [4.69, 9.17) is 4.74 Å². The van der Waals surface area contributed by atoms with Crippen molar-refractivity contribution in [2.75, 3.05) is 51.8 Å². The third-order valence-corrected chi connectivity index (χ3v) is 4.71. The summed E-state index contributed by atoms with van der Waals surface area (Å²) in [7, 11) is 1.57. The van der Waals surface area contributed by atoms with Gasteiger partial charge in [-0.05, 0) is 18.1 Å². The Morgan fingerprint density at radius 2 is 1.83 bits per heavy atom. The van der Waals surface area contributed by atoms with Crippen molar-refractivity contribution in [2.45, 2.75) is 19.9 Å². The standard InChI is InChI=1S/C19H28F3N5O2.HI/c1-12(2)15(27-6-8-29-9-7-27)10-24-19(23-3)25-11-16(28)26-14-5-4-13(20)17(21)18(14)22;/h4-5,12,15H,6-11H2,1-3H3,(H,26,28)(H2,23,24,25);1H. The van der Waals surface area contributed by atoms with Gasteiger partial charge in [-0.2, -0.15) is 0 Å². The van der Waals surface area contributed by atoms with Crippen molar-refractivity contribution in [2.24, 2.45) is 10.9 Å². The van der Waals surface area contributed by atoms with Crippen molar-refractivity contribution in [3.05, 3.63) is 29.6 Å². The van der Waals surface area contributed by atoms with Crippen LogP contribution in [0.15, 0.2) is 17.1 Å². The Kier molecular flexibility index (Phi) is 11.4. The van der Waals surface area contributed by atoms with E-state index in [0.717, 1.165) is 25.2 Å². The monoisotopic (exact) mass is 543 g/mol. The molecule has 0 spiro atoms. The van der Waals surface area contributed by atoms with Gasteiger partial charge in [0.1, 0.15) is 0 Å². The molecule has 1 aromatic rings. The van der Waals surface area contributed by atoms with Gasteiger partial charge in [-0.15, -0.1) is 24.0 Å². The van der Waals surface area contributed by atoms with Crippen LogP contribution in [0.5, 0.6) is 0 Å². The van der Waals surface area contributed by atoms with Crippen LogP contribution in [-0.2, 0) is 9.53 Å². The summed E-state index contributed by atoms with van der Waals surface area (Å²) in [5, 5.41) is 8.22. The number of hydrogen-bond acceptors (Lipinski definition) is 4. The van der Waals surface area contributed by atoms with E-state index in [2.05, 4.69) is 39.7 Å². The average Bonchev–Trinajstić information content (AvgIpc) is 2.71. The summed E-state index contributed by atoms with van der Waals surface area (Å²) in [5.41, 5.74) is -0.425. The van der Waals surface area contributed by atoms with E-state index >= 15 is 0 Å². The summed E-state index contributed by atoms with van der Waals surface area (Å²) in [6.07, 6.45) is 0. The molecule has 1 aliphatic rings. The van der Waals surface area contributed by atoms with Crippen molar-refractivity contribution in [3.63, 3.8) is 0 Å². The van der Waals surface area contributed by atoms with Gasteiger partial charge in [0.25, 0.3) is 0 Å². The second-order valence-corrected chi connectivity index (χ2v) is 7.04. The molecular weight excluding hydrogens is 514 g/mol. The van der Waals surface area contributed by atoms with Crippen LogP contribution in [0.1, 0.15) is 13.8 Å². The number of rotatable bonds is 7. The number of ether oxygens (including phenoxy) is 1. The Morgan fingerprint density at radius 1 is 1.17 bits per heavy atom. The molecule has 1 saturated heterocycles. The summed E-state index contributed by atoms with van der Waals surface area (Å²) in [6.45, 7) is 7.81. The van der Waals surface area contributed by atoms with Crippen LogP contribution < -0.4 is 16.0 Å². The minimum absolute atomic E-state index is 0. The molecular formula is C19H29F3IN5O2. The lowest BCUT2D eigenvalue weighted by Crippen LogP contribution is -2.53. The molecule has 1 heterocycles. The zero-order chi connectivity index (χ0) is 21.4. The summed E-state index contributed by atoms with van der Waals surface area (Å²) in [6, 6.07) is 1.98. The Hall–Kier alpha value is -1.60. The fraction of sp³-hybridized carbons (Fsp3) is 0.579. The zero-order valence-corrected chi connectivity index (χ0v) is 19.6. The van der Waals surface area contributed by atoms with Gasteiger partial charge in [-0.1, -0.05) is 13.8 Å². The highest BCUT2D eigenvalue weighted by Crippen LogP contribution is 2.19. The highest BCUT2D eigenvalue weighted by atomic mass is 127. The first-order valence-electron chi connectivity index (χ1n) is 9.53. The summed E-state index contributed by atoms with van der Waals surface area (Å²) < 4.78 is 45.3. The highest BCUT2D eigenvalue weighted by Gasteiger charge is 2.24. The van der Waals surface area contributed by atoms with Crippen LogP contribution in [0.4, 0.5) is 18.9 Å². The Bertz CT molecular complexity index is 730. The number of nitrogens with one attached hydrogen (secondary N) is 3. The van der Waals surface area contributed by atoms with E-state index in [9.17, 15) is 18.0 Å². The van der Waals surface area contributed by atoms with Gasteiger partial charge in [-0.25, -0.2) is 13.2 Å². The van der Waals surface area contributed by atoms with Gasteiger partial charge in [0.2, 0.25) is 5.91 Å². The lowest BCUT2D eigenvalue weighted by molar-refractivity contribution is -0.115. The first-order chi connectivity index (χ1) is 13.8. The lowest BCUT2D eigenvalue weighted by atomic mass is 10.0. The van der Waals surface area contributed by atoms with Gasteiger partial charge in [0.05, 0.1) is 25.4 Å². The van der Waals surface area contributed by atoms with E-state index in [-0.39, 0.29) is 36.6 Å². The number of nitrogens with zero attached hydrogens (tertiary/aromatic N) is 2. The molecule has 2 rings (SSSR count). The molecule has 0 saturated carbocycles. The van der Waals surface area contributed by atoms with Crippen molar-refractivity contribution in [1.29, 1.82) is 0 Å². The zero-order valence-electron chi connectivity index (χ0n) is 17.3. The predicted octanol–water partition coefficient (Wildman–Crippen LogP) is 2.18. The van der Waals surface area contributed by atoms with Crippen LogP contribution in [-0.4, -0.2) is 69.2 Å². The third kappa shape index (κ3) is 7.58. The minimum atomic E-state index is -1.63. The van der Waals surface area contributed by atoms with Crippen LogP contribution in [0, 0.1) is 23.4 Å². The lowest BCUT2D eigenvalue weighted by Gasteiger charge is -2.37. The molecule has 3 N–H and O–H groups in total.